The van der Waals surface area contributed by atoms with Crippen molar-refractivity contribution in [2.45, 2.75) is 19.8 Å². The van der Waals surface area contributed by atoms with Gasteiger partial charge < -0.3 is 15.4 Å². The molecule has 2 aromatic rings. The lowest BCUT2D eigenvalue weighted by atomic mass is 10.0. The summed E-state index contributed by atoms with van der Waals surface area (Å²) in [6.45, 7) is 4.26. The second-order valence-electron chi connectivity index (χ2n) is 5.00. The summed E-state index contributed by atoms with van der Waals surface area (Å²) in [7, 11) is 3.66. The van der Waals surface area contributed by atoms with Crippen molar-refractivity contribution in [2.75, 3.05) is 24.7 Å². The van der Waals surface area contributed by atoms with Crippen molar-refractivity contribution >= 4 is 11.9 Å². The normalized spacial score (nSPS) is 10.7. The Bertz CT molecular complexity index is 598. The minimum Gasteiger partial charge on any atom is -0.424 e. The molecular weight excluding hydrogens is 254 g/mol. The van der Waals surface area contributed by atoms with Crippen LogP contribution in [0.15, 0.2) is 24.3 Å². The number of hydrogen-bond donors (Lipinski definition) is 1. The number of benzene rings is 1. The maximum Gasteiger partial charge on any atom is 0.328 e. The van der Waals surface area contributed by atoms with Gasteiger partial charge in [-0.1, -0.05) is 26.0 Å². The maximum absolute atomic E-state index is 5.67. The molecule has 0 aliphatic rings. The van der Waals surface area contributed by atoms with Crippen molar-refractivity contribution in [1.29, 1.82) is 0 Å². The molecule has 0 aliphatic heterocycles. The Kier molecular flexibility index (Phi) is 4.02. The third kappa shape index (κ3) is 3.34. The van der Waals surface area contributed by atoms with Gasteiger partial charge in [0.15, 0.2) is 0 Å². The Hall–Kier alpha value is -2.37. The molecule has 0 radical (unpaired) electrons. The molecule has 1 heterocycles. The van der Waals surface area contributed by atoms with Crippen LogP contribution in [-0.2, 0) is 0 Å². The molecule has 2 rings (SSSR count). The van der Waals surface area contributed by atoms with Gasteiger partial charge in [0.05, 0.1) is 0 Å². The highest BCUT2D eigenvalue weighted by Gasteiger charge is 2.09. The van der Waals surface area contributed by atoms with Gasteiger partial charge in [-0.2, -0.15) is 15.0 Å². The zero-order chi connectivity index (χ0) is 14.7. The molecule has 0 saturated heterocycles. The predicted octanol–water partition coefficient (Wildman–Crippen LogP) is 2.44. The molecule has 20 heavy (non-hydrogen) atoms. The van der Waals surface area contributed by atoms with E-state index in [4.69, 9.17) is 10.5 Å². The topological polar surface area (TPSA) is 77.2 Å². The molecule has 0 spiro atoms. The van der Waals surface area contributed by atoms with Crippen molar-refractivity contribution in [3.8, 4) is 11.8 Å². The van der Waals surface area contributed by atoms with E-state index in [0.717, 1.165) is 0 Å². The molecule has 0 unspecified atom stereocenters. The van der Waals surface area contributed by atoms with E-state index in [-0.39, 0.29) is 12.0 Å². The lowest BCUT2D eigenvalue weighted by molar-refractivity contribution is 0.440. The summed E-state index contributed by atoms with van der Waals surface area (Å²) in [4.78, 5) is 14.0. The lowest BCUT2D eigenvalue weighted by Gasteiger charge is -2.12. The van der Waals surface area contributed by atoms with Gasteiger partial charge in [-0.05, 0) is 23.6 Å². The number of hydrogen-bond acceptors (Lipinski definition) is 6. The monoisotopic (exact) mass is 273 g/mol. The van der Waals surface area contributed by atoms with Crippen LogP contribution in [0.4, 0.5) is 11.9 Å². The Morgan fingerprint density at radius 2 is 1.90 bits per heavy atom. The van der Waals surface area contributed by atoms with E-state index in [1.807, 2.05) is 32.3 Å². The molecule has 106 valence electrons. The minimum atomic E-state index is 0.138. The minimum absolute atomic E-state index is 0.138. The lowest BCUT2D eigenvalue weighted by Crippen LogP contribution is -2.15. The van der Waals surface area contributed by atoms with Crippen LogP contribution in [0.5, 0.6) is 11.8 Å². The van der Waals surface area contributed by atoms with Crippen LogP contribution < -0.4 is 15.4 Å². The van der Waals surface area contributed by atoms with Crippen molar-refractivity contribution in [3.05, 3.63) is 29.8 Å². The summed E-state index contributed by atoms with van der Waals surface area (Å²) in [5, 5.41) is 0. The summed E-state index contributed by atoms with van der Waals surface area (Å²) < 4.78 is 5.67. The first-order chi connectivity index (χ1) is 9.45. The largest absolute Gasteiger partial charge is 0.424 e. The van der Waals surface area contributed by atoms with Crippen LogP contribution in [0.3, 0.4) is 0 Å². The van der Waals surface area contributed by atoms with Gasteiger partial charge in [0.1, 0.15) is 5.75 Å². The molecule has 0 aliphatic carbocycles. The molecule has 0 amide bonds. The van der Waals surface area contributed by atoms with Crippen molar-refractivity contribution in [2.24, 2.45) is 0 Å². The van der Waals surface area contributed by atoms with E-state index in [1.54, 1.807) is 4.90 Å². The van der Waals surface area contributed by atoms with Gasteiger partial charge in [-0.3, -0.25) is 0 Å². The van der Waals surface area contributed by atoms with E-state index < -0.39 is 0 Å². The number of nitrogens with two attached hydrogens (primary N) is 1. The fourth-order valence-corrected chi connectivity index (χ4v) is 1.65. The molecule has 0 bridgehead atoms. The van der Waals surface area contributed by atoms with Gasteiger partial charge in [0.2, 0.25) is 11.9 Å². The summed E-state index contributed by atoms with van der Waals surface area (Å²) in [5.74, 6) is 1.72. The molecule has 6 heteroatoms. The van der Waals surface area contributed by atoms with Crippen LogP contribution in [0.2, 0.25) is 0 Å². The second-order valence-corrected chi connectivity index (χ2v) is 5.00. The van der Waals surface area contributed by atoms with Crippen molar-refractivity contribution in [1.82, 2.24) is 15.0 Å². The number of nitrogen functional groups attached to an aromatic ring is 1. The molecule has 0 saturated carbocycles. The van der Waals surface area contributed by atoms with Crippen LogP contribution in [0.1, 0.15) is 25.3 Å². The average molecular weight is 273 g/mol. The number of aromatic nitrogens is 3. The summed E-state index contributed by atoms with van der Waals surface area (Å²) in [6, 6.07) is 8.04. The maximum atomic E-state index is 5.67. The number of ether oxygens (including phenoxy) is 1. The predicted molar refractivity (Wildman–Crippen MR) is 79.2 cm³/mol. The quantitative estimate of drug-likeness (QED) is 0.922. The average Bonchev–Trinajstić information content (AvgIpc) is 2.38. The number of nitrogens with zero attached hydrogens (tertiary/aromatic N) is 4. The number of anilines is 2. The molecule has 0 fully saturated rings. The molecular formula is C14H19N5O. The molecule has 2 N–H and O–H groups in total. The van der Waals surface area contributed by atoms with Gasteiger partial charge >= 0.3 is 6.01 Å². The highest BCUT2D eigenvalue weighted by Crippen LogP contribution is 2.24. The first kappa shape index (κ1) is 14.0. The Morgan fingerprint density at radius 3 is 2.55 bits per heavy atom. The number of rotatable bonds is 4. The summed E-state index contributed by atoms with van der Waals surface area (Å²) in [6.07, 6.45) is 0. The van der Waals surface area contributed by atoms with E-state index in [2.05, 4.69) is 34.9 Å². The van der Waals surface area contributed by atoms with E-state index in [1.165, 1.54) is 5.56 Å². The molecule has 1 aromatic carbocycles. The fourth-order valence-electron chi connectivity index (χ4n) is 1.65. The smallest absolute Gasteiger partial charge is 0.328 e. The zero-order valence-electron chi connectivity index (χ0n) is 12.2. The van der Waals surface area contributed by atoms with Crippen molar-refractivity contribution in [3.63, 3.8) is 0 Å². The van der Waals surface area contributed by atoms with Gasteiger partial charge in [-0.25, -0.2) is 0 Å². The van der Waals surface area contributed by atoms with Crippen LogP contribution >= 0.6 is 0 Å². The van der Waals surface area contributed by atoms with Gasteiger partial charge in [0, 0.05) is 14.1 Å². The fraction of sp³-hybridized carbons (Fsp3) is 0.357. The highest BCUT2D eigenvalue weighted by molar-refractivity contribution is 5.36. The van der Waals surface area contributed by atoms with E-state index in [9.17, 15) is 0 Å². The summed E-state index contributed by atoms with van der Waals surface area (Å²) >= 11 is 0. The highest BCUT2D eigenvalue weighted by atomic mass is 16.5. The SMILES string of the molecule is CC(C)c1cccc(Oc2nc(N)nc(N(C)C)n2)c1. The van der Waals surface area contributed by atoms with Crippen LogP contribution in [-0.4, -0.2) is 29.0 Å². The zero-order valence-corrected chi connectivity index (χ0v) is 12.2. The van der Waals surface area contributed by atoms with Crippen LogP contribution in [0, 0.1) is 0 Å². The van der Waals surface area contributed by atoms with Crippen molar-refractivity contribution < 1.29 is 4.74 Å². The first-order valence-electron chi connectivity index (χ1n) is 6.42. The first-order valence-corrected chi connectivity index (χ1v) is 6.42. The van der Waals surface area contributed by atoms with Crippen LogP contribution in [0.25, 0.3) is 0 Å². The van der Waals surface area contributed by atoms with Gasteiger partial charge in [-0.15, -0.1) is 0 Å². The Labute approximate surface area is 118 Å². The molecule has 1 aromatic heterocycles. The van der Waals surface area contributed by atoms with Gasteiger partial charge in [0.25, 0.3) is 0 Å². The standard InChI is InChI=1S/C14H19N5O/c1-9(2)10-6-5-7-11(8-10)20-14-17-12(15)16-13(18-14)19(3)4/h5-9H,1-4H3,(H2,15,16,17,18). The molecule has 6 nitrogen and oxygen atoms in total. The Balaban J connectivity index is 2.27. The summed E-state index contributed by atoms with van der Waals surface area (Å²) in [5.41, 5.74) is 6.85. The molecule has 0 atom stereocenters. The third-order valence-corrected chi connectivity index (χ3v) is 2.75. The second kappa shape index (κ2) is 5.73. The third-order valence-electron chi connectivity index (χ3n) is 2.75. The Morgan fingerprint density at radius 1 is 1.15 bits per heavy atom. The van der Waals surface area contributed by atoms with E-state index >= 15 is 0 Å². The van der Waals surface area contributed by atoms with E-state index in [0.29, 0.717) is 17.6 Å².